The third-order valence-electron chi connectivity index (χ3n) is 1.90. The van der Waals surface area contributed by atoms with Crippen molar-refractivity contribution in [1.29, 1.82) is 0 Å². The SMILES string of the molecule is O=c1ccc(Br)cn1Cc1cc(Br)cs1. The second-order valence-electron chi connectivity index (χ2n) is 3.04. The maximum Gasteiger partial charge on any atom is 0.250 e. The number of hydrogen-bond donors (Lipinski definition) is 0. The Balaban J connectivity index is 2.31. The molecule has 0 bridgehead atoms. The molecular formula is C10H7Br2NOS. The van der Waals surface area contributed by atoms with Crippen LogP contribution >= 0.6 is 43.2 Å². The maximum atomic E-state index is 11.5. The van der Waals surface area contributed by atoms with Gasteiger partial charge in [0.2, 0.25) is 0 Å². The van der Waals surface area contributed by atoms with Gasteiger partial charge in [-0.15, -0.1) is 11.3 Å². The molecule has 2 rings (SSSR count). The van der Waals surface area contributed by atoms with Gasteiger partial charge in [-0.05, 0) is 44.0 Å². The molecule has 0 unspecified atom stereocenters. The van der Waals surface area contributed by atoms with Crippen molar-refractivity contribution in [2.45, 2.75) is 6.54 Å². The molecule has 0 aliphatic heterocycles. The lowest BCUT2D eigenvalue weighted by atomic mass is 10.4. The summed E-state index contributed by atoms with van der Waals surface area (Å²) >= 11 is 8.38. The van der Waals surface area contributed by atoms with Gasteiger partial charge in [0.25, 0.3) is 5.56 Å². The van der Waals surface area contributed by atoms with Crippen LogP contribution in [0.5, 0.6) is 0 Å². The molecule has 78 valence electrons. The summed E-state index contributed by atoms with van der Waals surface area (Å²) < 4.78 is 3.66. The molecule has 0 N–H and O–H groups in total. The highest BCUT2D eigenvalue weighted by atomic mass is 79.9. The minimum Gasteiger partial charge on any atom is -0.309 e. The Bertz CT molecular complexity index is 532. The smallest absolute Gasteiger partial charge is 0.250 e. The summed E-state index contributed by atoms with van der Waals surface area (Å²) in [5.41, 5.74) is 0.0164. The monoisotopic (exact) mass is 347 g/mol. The molecule has 2 aromatic heterocycles. The van der Waals surface area contributed by atoms with E-state index >= 15 is 0 Å². The van der Waals surface area contributed by atoms with Gasteiger partial charge in [0, 0.05) is 31.5 Å². The summed E-state index contributed by atoms with van der Waals surface area (Å²) in [6.07, 6.45) is 1.80. The summed E-state index contributed by atoms with van der Waals surface area (Å²) in [7, 11) is 0. The van der Waals surface area contributed by atoms with Crippen LogP contribution in [0.1, 0.15) is 4.88 Å². The third-order valence-corrected chi connectivity index (χ3v) is 4.05. The minimum atomic E-state index is 0.0164. The van der Waals surface area contributed by atoms with E-state index in [4.69, 9.17) is 0 Å². The van der Waals surface area contributed by atoms with Gasteiger partial charge >= 0.3 is 0 Å². The first-order chi connectivity index (χ1) is 7.15. The summed E-state index contributed by atoms with van der Waals surface area (Å²) in [5.74, 6) is 0. The largest absolute Gasteiger partial charge is 0.309 e. The van der Waals surface area contributed by atoms with Gasteiger partial charge in [-0.1, -0.05) is 0 Å². The molecule has 0 aliphatic carbocycles. The molecule has 0 aromatic carbocycles. The molecule has 5 heteroatoms. The van der Waals surface area contributed by atoms with Crippen molar-refractivity contribution in [2.75, 3.05) is 0 Å². The molecule has 0 atom stereocenters. The van der Waals surface area contributed by atoms with Gasteiger partial charge in [-0.3, -0.25) is 4.79 Å². The van der Waals surface area contributed by atoms with E-state index in [2.05, 4.69) is 31.9 Å². The van der Waals surface area contributed by atoms with E-state index in [1.807, 2.05) is 11.4 Å². The first-order valence-corrected chi connectivity index (χ1v) is 6.70. The predicted molar refractivity (Wildman–Crippen MR) is 69.5 cm³/mol. The lowest BCUT2D eigenvalue weighted by Crippen LogP contribution is -2.18. The molecule has 0 aliphatic rings. The predicted octanol–water partition coefficient (Wildman–Crippen LogP) is 3.48. The van der Waals surface area contributed by atoms with Crippen molar-refractivity contribution in [3.63, 3.8) is 0 Å². The van der Waals surface area contributed by atoms with Crippen molar-refractivity contribution in [1.82, 2.24) is 4.57 Å². The van der Waals surface area contributed by atoms with Crippen molar-refractivity contribution in [3.8, 4) is 0 Å². The van der Waals surface area contributed by atoms with Gasteiger partial charge in [-0.25, -0.2) is 0 Å². The van der Waals surface area contributed by atoms with E-state index in [1.54, 1.807) is 34.2 Å². The Morgan fingerprint density at radius 3 is 2.73 bits per heavy atom. The number of rotatable bonds is 2. The molecule has 0 amide bonds. The van der Waals surface area contributed by atoms with Crippen LogP contribution in [-0.2, 0) is 6.54 Å². The van der Waals surface area contributed by atoms with E-state index in [9.17, 15) is 4.79 Å². The van der Waals surface area contributed by atoms with Crippen LogP contribution in [0.25, 0.3) is 0 Å². The number of nitrogens with zero attached hydrogens (tertiary/aromatic N) is 1. The highest BCUT2D eigenvalue weighted by Crippen LogP contribution is 2.20. The van der Waals surface area contributed by atoms with Crippen molar-refractivity contribution >= 4 is 43.2 Å². The highest BCUT2D eigenvalue weighted by Gasteiger charge is 2.01. The standard InChI is InChI=1S/C10H7Br2NOS/c11-7-1-2-10(14)13(4-7)5-9-3-8(12)6-15-9/h1-4,6H,5H2. The van der Waals surface area contributed by atoms with Crippen molar-refractivity contribution in [2.24, 2.45) is 0 Å². The third kappa shape index (κ3) is 2.80. The van der Waals surface area contributed by atoms with Gasteiger partial charge in [0.1, 0.15) is 0 Å². The molecule has 2 aromatic rings. The van der Waals surface area contributed by atoms with Gasteiger partial charge in [0.15, 0.2) is 0 Å². The molecule has 2 nitrogen and oxygen atoms in total. The molecule has 0 saturated carbocycles. The molecule has 0 saturated heterocycles. The molecular weight excluding hydrogens is 342 g/mol. The van der Waals surface area contributed by atoms with Crippen LogP contribution in [0.2, 0.25) is 0 Å². The van der Waals surface area contributed by atoms with Crippen molar-refractivity contribution < 1.29 is 0 Å². The van der Waals surface area contributed by atoms with Gasteiger partial charge in [-0.2, -0.15) is 0 Å². The van der Waals surface area contributed by atoms with Crippen LogP contribution in [0, 0.1) is 0 Å². The Labute approximate surface area is 108 Å². The van der Waals surface area contributed by atoms with Crippen LogP contribution in [0.15, 0.2) is 43.5 Å². The fourth-order valence-electron chi connectivity index (χ4n) is 1.23. The molecule has 0 fully saturated rings. The Kier molecular flexibility index (Phi) is 3.43. The van der Waals surface area contributed by atoms with E-state index in [0.717, 1.165) is 13.8 Å². The summed E-state index contributed by atoms with van der Waals surface area (Å²) in [6, 6.07) is 5.34. The number of aromatic nitrogens is 1. The quantitative estimate of drug-likeness (QED) is 0.814. The van der Waals surface area contributed by atoms with E-state index < -0.39 is 0 Å². The lowest BCUT2D eigenvalue weighted by molar-refractivity contribution is 0.766. The molecule has 0 spiro atoms. The number of halogens is 2. The van der Waals surface area contributed by atoms with E-state index in [-0.39, 0.29) is 5.56 Å². The van der Waals surface area contributed by atoms with Gasteiger partial charge < -0.3 is 4.57 Å². The Hall–Kier alpha value is -0.390. The minimum absolute atomic E-state index is 0.0164. The number of hydrogen-bond acceptors (Lipinski definition) is 2. The second kappa shape index (κ2) is 4.63. The van der Waals surface area contributed by atoms with Crippen LogP contribution < -0.4 is 5.56 Å². The highest BCUT2D eigenvalue weighted by molar-refractivity contribution is 9.10. The average Bonchev–Trinajstić information content (AvgIpc) is 2.58. The molecule has 2 heterocycles. The fraction of sp³-hybridized carbons (Fsp3) is 0.100. The maximum absolute atomic E-state index is 11.5. The lowest BCUT2D eigenvalue weighted by Gasteiger charge is -2.03. The second-order valence-corrected chi connectivity index (χ2v) is 5.87. The number of pyridine rings is 1. The van der Waals surface area contributed by atoms with Crippen LogP contribution in [-0.4, -0.2) is 4.57 Å². The van der Waals surface area contributed by atoms with E-state index in [0.29, 0.717) is 6.54 Å². The van der Waals surface area contributed by atoms with Crippen LogP contribution in [0.3, 0.4) is 0 Å². The Morgan fingerprint density at radius 2 is 2.07 bits per heavy atom. The zero-order valence-corrected chi connectivity index (χ0v) is 11.6. The summed E-state index contributed by atoms with van der Waals surface area (Å²) in [5, 5.41) is 2.01. The van der Waals surface area contributed by atoms with Crippen molar-refractivity contribution in [3.05, 3.63) is 54.0 Å². The topological polar surface area (TPSA) is 22.0 Å². The zero-order valence-electron chi connectivity index (χ0n) is 7.61. The average molecular weight is 349 g/mol. The van der Waals surface area contributed by atoms with E-state index in [1.165, 1.54) is 0 Å². The van der Waals surface area contributed by atoms with Crippen LogP contribution in [0.4, 0.5) is 0 Å². The molecule has 0 radical (unpaired) electrons. The normalized spacial score (nSPS) is 10.5. The summed E-state index contributed by atoms with van der Waals surface area (Å²) in [6.45, 7) is 0.620. The Morgan fingerprint density at radius 1 is 1.27 bits per heavy atom. The fourth-order valence-corrected chi connectivity index (χ4v) is 3.06. The molecule has 15 heavy (non-hydrogen) atoms. The number of thiophene rings is 1. The first kappa shape index (κ1) is 11.1. The van der Waals surface area contributed by atoms with Gasteiger partial charge in [0.05, 0.1) is 6.54 Å². The zero-order chi connectivity index (χ0) is 10.8. The first-order valence-electron chi connectivity index (χ1n) is 4.24. The summed E-state index contributed by atoms with van der Waals surface area (Å²) in [4.78, 5) is 12.7.